The van der Waals surface area contributed by atoms with Gasteiger partial charge in [-0.2, -0.15) is 0 Å². The number of hydrogen-bond acceptors (Lipinski definition) is 6. The Bertz CT molecular complexity index is 1110. The van der Waals surface area contributed by atoms with Crippen LogP contribution in [-0.4, -0.2) is 42.4 Å². The highest BCUT2D eigenvalue weighted by Gasteiger charge is 2.51. The van der Waals surface area contributed by atoms with Gasteiger partial charge in [0.2, 0.25) is 0 Å². The van der Waals surface area contributed by atoms with E-state index < -0.39 is 21.5 Å². The predicted octanol–water partition coefficient (Wildman–Crippen LogP) is 3.45. The third-order valence-electron chi connectivity index (χ3n) is 6.85. The van der Waals surface area contributed by atoms with E-state index in [1.807, 2.05) is 24.3 Å². The zero-order chi connectivity index (χ0) is 23.1. The number of likely N-dealkylation sites (tertiary alicyclic amines) is 1. The van der Waals surface area contributed by atoms with Gasteiger partial charge in [0, 0.05) is 12.1 Å². The minimum absolute atomic E-state index is 0.104. The zero-order valence-electron chi connectivity index (χ0n) is 18.7. The predicted molar refractivity (Wildman–Crippen MR) is 118 cm³/mol. The first-order chi connectivity index (χ1) is 15.1. The van der Waals surface area contributed by atoms with E-state index in [1.54, 1.807) is 6.92 Å². The van der Waals surface area contributed by atoms with Gasteiger partial charge in [-0.3, -0.25) is 9.59 Å². The Balaban J connectivity index is 1.48. The molecule has 8 nitrogen and oxygen atoms in total. The second kappa shape index (κ2) is 8.35. The third-order valence-corrected chi connectivity index (χ3v) is 8.42. The average Bonchev–Trinajstić information content (AvgIpc) is 3.11. The molecule has 0 spiro atoms. The van der Waals surface area contributed by atoms with Crippen molar-refractivity contribution < 1.29 is 22.5 Å². The van der Waals surface area contributed by atoms with Crippen LogP contribution in [-0.2, 0) is 14.8 Å². The summed E-state index contributed by atoms with van der Waals surface area (Å²) >= 11 is 0. The van der Waals surface area contributed by atoms with E-state index in [0.717, 1.165) is 0 Å². The van der Waals surface area contributed by atoms with Gasteiger partial charge in [0.15, 0.2) is 10.7 Å². The van der Waals surface area contributed by atoms with E-state index in [4.69, 9.17) is 4.52 Å². The third kappa shape index (κ3) is 3.94. The minimum atomic E-state index is -4.16. The fraction of sp³-hybridized carbons (Fsp3) is 0.522. The van der Waals surface area contributed by atoms with Crippen LogP contribution in [0.5, 0.6) is 0 Å². The molecular formula is C23H29N3O5S. The molecule has 0 radical (unpaired) electrons. The molecule has 32 heavy (non-hydrogen) atoms. The zero-order valence-corrected chi connectivity index (χ0v) is 19.5. The molecule has 2 heterocycles. The molecule has 1 unspecified atom stereocenters. The number of carbonyl (C=O) groups is 2. The van der Waals surface area contributed by atoms with E-state index in [1.165, 1.54) is 56.4 Å². The summed E-state index contributed by atoms with van der Waals surface area (Å²) in [5, 5.41) is 3.64. The molecule has 172 valence electrons. The number of benzene rings is 1. The first-order valence-corrected chi connectivity index (χ1v) is 12.5. The molecule has 2 aromatic rings. The quantitative estimate of drug-likeness (QED) is 0.733. The lowest BCUT2D eigenvalue weighted by Crippen LogP contribution is -2.67. The molecule has 1 atom stereocenters. The Labute approximate surface area is 188 Å². The molecule has 9 heteroatoms. The number of carbonyl (C=O) groups excluding carboxylic acids is 2. The van der Waals surface area contributed by atoms with Gasteiger partial charge >= 0.3 is 0 Å². The SMILES string of the molecule is Cc1noc(C)c1S(=O)(=O)NC(=O)C1(C)CCN1C(=O)c1ccc(C2CCCCC2)cc1. The Morgan fingerprint density at radius 1 is 1.12 bits per heavy atom. The number of nitrogens with one attached hydrogen (secondary N) is 1. The van der Waals surface area contributed by atoms with E-state index >= 15 is 0 Å². The van der Waals surface area contributed by atoms with Gasteiger partial charge in [0.25, 0.3) is 21.8 Å². The Morgan fingerprint density at radius 2 is 1.78 bits per heavy atom. The van der Waals surface area contributed by atoms with Crippen molar-refractivity contribution in [1.29, 1.82) is 0 Å². The summed E-state index contributed by atoms with van der Waals surface area (Å²) in [6.45, 7) is 4.94. The maximum Gasteiger partial charge on any atom is 0.269 e. The normalized spacial score (nSPS) is 21.8. The van der Waals surface area contributed by atoms with Crippen LogP contribution in [0.1, 0.15) is 78.7 Å². The lowest BCUT2D eigenvalue weighted by atomic mass is 9.83. The van der Waals surface area contributed by atoms with Gasteiger partial charge in [-0.1, -0.05) is 36.6 Å². The minimum Gasteiger partial charge on any atom is -0.360 e. The van der Waals surface area contributed by atoms with Crippen LogP contribution in [0.15, 0.2) is 33.7 Å². The van der Waals surface area contributed by atoms with E-state index in [9.17, 15) is 18.0 Å². The van der Waals surface area contributed by atoms with E-state index in [0.29, 0.717) is 24.4 Å². The highest BCUT2D eigenvalue weighted by atomic mass is 32.2. The monoisotopic (exact) mass is 459 g/mol. The summed E-state index contributed by atoms with van der Waals surface area (Å²) in [5.41, 5.74) is 0.672. The summed E-state index contributed by atoms with van der Waals surface area (Å²) in [5.74, 6) is -0.371. The van der Waals surface area contributed by atoms with Gasteiger partial charge < -0.3 is 9.42 Å². The van der Waals surface area contributed by atoms with Crippen LogP contribution in [0.3, 0.4) is 0 Å². The van der Waals surface area contributed by atoms with Crippen molar-refractivity contribution in [1.82, 2.24) is 14.8 Å². The second-order valence-electron chi connectivity index (χ2n) is 9.03. The molecule has 1 aromatic carbocycles. The fourth-order valence-electron chi connectivity index (χ4n) is 4.75. The molecule has 1 saturated carbocycles. The number of aromatic nitrogens is 1. The number of hydrogen-bond donors (Lipinski definition) is 1. The summed E-state index contributed by atoms with van der Waals surface area (Å²) in [7, 11) is -4.16. The number of nitrogens with zero attached hydrogens (tertiary/aromatic N) is 2. The lowest BCUT2D eigenvalue weighted by Gasteiger charge is -2.48. The van der Waals surface area contributed by atoms with Gasteiger partial charge in [-0.05, 0) is 63.6 Å². The van der Waals surface area contributed by atoms with Crippen LogP contribution in [0.2, 0.25) is 0 Å². The molecule has 2 aliphatic rings. The van der Waals surface area contributed by atoms with Crippen LogP contribution < -0.4 is 4.72 Å². The van der Waals surface area contributed by atoms with Crippen LogP contribution >= 0.6 is 0 Å². The van der Waals surface area contributed by atoms with Crippen LogP contribution in [0, 0.1) is 13.8 Å². The maximum absolute atomic E-state index is 13.1. The molecular weight excluding hydrogens is 430 g/mol. The lowest BCUT2D eigenvalue weighted by molar-refractivity contribution is -0.135. The largest absolute Gasteiger partial charge is 0.360 e. The molecule has 2 amide bonds. The van der Waals surface area contributed by atoms with Crippen molar-refractivity contribution in [3.05, 3.63) is 46.8 Å². The van der Waals surface area contributed by atoms with Crippen molar-refractivity contribution in [3.8, 4) is 0 Å². The highest BCUT2D eigenvalue weighted by Crippen LogP contribution is 2.35. The highest BCUT2D eigenvalue weighted by molar-refractivity contribution is 7.90. The first-order valence-electron chi connectivity index (χ1n) is 11.1. The van der Waals surface area contributed by atoms with E-state index in [2.05, 4.69) is 9.88 Å². The summed E-state index contributed by atoms with van der Waals surface area (Å²) < 4.78 is 32.5. The smallest absolute Gasteiger partial charge is 0.269 e. The summed E-state index contributed by atoms with van der Waals surface area (Å²) in [6, 6.07) is 7.62. The molecule has 1 N–H and O–H groups in total. The van der Waals surface area contributed by atoms with Gasteiger partial charge in [0.1, 0.15) is 11.2 Å². The van der Waals surface area contributed by atoms with Crippen LogP contribution in [0.4, 0.5) is 0 Å². The van der Waals surface area contributed by atoms with Crippen molar-refractivity contribution in [2.24, 2.45) is 0 Å². The number of rotatable bonds is 5. The maximum atomic E-state index is 13.1. The van der Waals surface area contributed by atoms with Crippen LogP contribution in [0.25, 0.3) is 0 Å². The number of sulfonamides is 1. The molecule has 4 rings (SSSR count). The molecule has 2 fully saturated rings. The Hall–Kier alpha value is -2.68. The molecule has 1 aliphatic carbocycles. The fourth-order valence-corrected chi connectivity index (χ4v) is 6.16. The second-order valence-corrected chi connectivity index (χ2v) is 10.6. The average molecular weight is 460 g/mol. The molecule has 1 saturated heterocycles. The summed E-state index contributed by atoms with van der Waals surface area (Å²) in [6.07, 6.45) is 6.50. The van der Waals surface area contributed by atoms with Gasteiger partial charge in [-0.25, -0.2) is 13.1 Å². The molecule has 1 aromatic heterocycles. The number of amides is 2. The first kappa shape index (κ1) is 22.5. The Kier molecular flexibility index (Phi) is 5.87. The van der Waals surface area contributed by atoms with Crippen molar-refractivity contribution in [3.63, 3.8) is 0 Å². The van der Waals surface area contributed by atoms with Gasteiger partial charge in [0.05, 0.1) is 0 Å². The Morgan fingerprint density at radius 3 is 2.31 bits per heavy atom. The van der Waals surface area contributed by atoms with Crippen molar-refractivity contribution >= 4 is 21.8 Å². The summed E-state index contributed by atoms with van der Waals surface area (Å²) in [4.78, 5) is 27.3. The number of aryl methyl sites for hydroxylation is 2. The van der Waals surface area contributed by atoms with Crippen molar-refractivity contribution in [2.45, 2.75) is 75.6 Å². The van der Waals surface area contributed by atoms with E-state index in [-0.39, 0.29) is 22.3 Å². The molecule has 1 aliphatic heterocycles. The standard InChI is InChI=1S/C23H29N3O5S/c1-15-20(16(2)31-24-15)32(29,30)25-22(28)23(3)13-14-26(23)21(27)19-11-9-18(10-12-19)17-7-5-4-6-8-17/h9-12,17H,4-8,13-14H2,1-3H3,(H,25,28). The van der Waals surface area contributed by atoms with Crippen molar-refractivity contribution in [2.75, 3.05) is 6.54 Å². The molecule has 0 bridgehead atoms. The topological polar surface area (TPSA) is 110 Å². The van der Waals surface area contributed by atoms with Gasteiger partial charge in [-0.15, -0.1) is 0 Å².